The van der Waals surface area contributed by atoms with E-state index in [4.69, 9.17) is 31.0 Å². The first kappa shape index (κ1) is 27.8. The SMILES string of the molecule is C=C[C@H]1C[C@]1(NC(=O)[C@@H]1C[C@@H](Oc2cc(-c3csc(NC(C)=O)n3)nc3cc(OC)ccc23)CN1Cl)C(=O)OC. The zero-order chi connectivity index (χ0) is 28.6. The molecule has 40 heavy (non-hydrogen) atoms. The smallest absolute Gasteiger partial charge is 0.332 e. The number of rotatable bonds is 9. The molecular formula is C27H28ClN5O6S. The van der Waals surface area contributed by atoms with Crippen LogP contribution >= 0.6 is 23.1 Å². The number of hydrogen-bond acceptors (Lipinski definition) is 10. The summed E-state index contributed by atoms with van der Waals surface area (Å²) in [6.07, 6.45) is 1.94. The van der Waals surface area contributed by atoms with Gasteiger partial charge in [-0.3, -0.25) is 9.59 Å². The molecule has 13 heteroatoms. The number of ether oxygens (including phenoxy) is 3. The van der Waals surface area contributed by atoms with Crippen LogP contribution < -0.4 is 20.1 Å². The van der Waals surface area contributed by atoms with Crippen LogP contribution in [0.1, 0.15) is 19.8 Å². The van der Waals surface area contributed by atoms with E-state index in [-0.39, 0.29) is 24.3 Å². The number of pyridine rings is 1. The first-order valence-corrected chi connectivity index (χ1v) is 13.7. The zero-order valence-electron chi connectivity index (χ0n) is 22.1. The number of carbonyl (C=O) groups is 3. The first-order chi connectivity index (χ1) is 19.2. The number of esters is 1. The third-order valence-electron chi connectivity index (χ3n) is 7.02. The molecule has 0 bridgehead atoms. The second-order valence-electron chi connectivity index (χ2n) is 9.68. The Morgan fingerprint density at radius 2 is 2.02 bits per heavy atom. The minimum Gasteiger partial charge on any atom is -0.497 e. The summed E-state index contributed by atoms with van der Waals surface area (Å²) in [5.41, 5.74) is 0.631. The minimum atomic E-state index is -1.11. The molecular weight excluding hydrogens is 558 g/mol. The van der Waals surface area contributed by atoms with Gasteiger partial charge < -0.3 is 24.8 Å². The summed E-state index contributed by atoms with van der Waals surface area (Å²) >= 11 is 7.77. The molecule has 3 aromatic rings. The van der Waals surface area contributed by atoms with Gasteiger partial charge in [0.05, 0.1) is 32.0 Å². The van der Waals surface area contributed by atoms with E-state index in [1.807, 2.05) is 12.1 Å². The predicted molar refractivity (Wildman–Crippen MR) is 150 cm³/mol. The van der Waals surface area contributed by atoms with Crippen molar-refractivity contribution in [3.05, 3.63) is 42.3 Å². The van der Waals surface area contributed by atoms with Gasteiger partial charge in [-0.15, -0.1) is 17.9 Å². The molecule has 5 rings (SSSR count). The second kappa shape index (κ2) is 11.0. The highest BCUT2D eigenvalue weighted by molar-refractivity contribution is 7.14. The van der Waals surface area contributed by atoms with Gasteiger partial charge in [0.2, 0.25) is 11.8 Å². The van der Waals surface area contributed by atoms with Crippen molar-refractivity contribution in [3.8, 4) is 22.9 Å². The van der Waals surface area contributed by atoms with Gasteiger partial charge in [-0.2, -0.15) is 0 Å². The largest absolute Gasteiger partial charge is 0.497 e. The van der Waals surface area contributed by atoms with Crippen molar-refractivity contribution in [3.63, 3.8) is 0 Å². The van der Waals surface area contributed by atoms with E-state index in [1.165, 1.54) is 29.8 Å². The summed E-state index contributed by atoms with van der Waals surface area (Å²) in [6.45, 7) is 5.43. The van der Waals surface area contributed by atoms with Crippen LogP contribution in [0.25, 0.3) is 22.3 Å². The number of amides is 2. The molecule has 1 saturated carbocycles. The van der Waals surface area contributed by atoms with E-state index < -0.39 is 23.7 Å². The molecule has 0 radical (unpaired) electrons. The third-order valence-corrected chi connectivity index (χ3v) is 8.15. The van der Waals surface area contributed by atoms with Crippen molar-refractivity contribution < 1.29 is 28.6 Å². The van der Waals surface area contributed by atoms with Gasteiger partial charge in [0.15, 0.2) is 5.13 Å². The number of hydrogen-bond donors (Lipinski definition) is 2. The summed E-state index contributed by atoms with van der Waals surface area (Å²) in [7, 11) is 2.86. The average Bonchev–Trinajstić information content (AvgIpc) is 3.22. The lowest BCUT2D eigenvalue weighted by molar-refractivity contribution is -0.147. The van der Waals surface area contributed by atoms with Gasteiger partial charge in [0.25, 0.3) is 0 Å². The molecule has 11 nitrogen and oxygen atoms in total. The number of fused-ring (bicyclic) bond motifs is 1. The molecule has 0 unspecified atom stereocenters. The Kier molecular flexibility index (Phi) is 7.67. The van der Waals surface area contributed by atoms with E-state index in [0.29, 0.717) is 46.4 Å². The van der Waals surface area contributed by atoms with Gasteiger partial charge in [-0.05, 0) is 30.3 Å². The quantitative estimate of drug-likeness (QED) is 0.220. The molecule has 210 valence electrons. The first-order valence-electron chi connectivity index (χ1n) is 12.5. The lowest BCUT2D eigenvalue weighted by Gasteiger charge is -2.21. The van der Waals surface area contributed by atoms with E-state index in [9.17, 15) is 14.4 Å². The van der Waals surface area contributed by atoms with E-state index in [1.54, 1.807) is 30.7 Å². The number of aromatic nitrogens is 2. The molecule has 2 aromatic heterocycles. The van der Waals surface area contributed by atoms with Crippen LogP contribution in [0.5, 0.6) is 11.5 Å². The molecule has 1 aliphatic heterocycles. The van der Waals surface area contributed by atoms with Gasteiger partial charge in [-0.1, -0.05) is 6.08 Å². The normalized spacial score (nSPS) is 23.9. The van der Waals surface area contributed by atoms with Crippen LogP contribution in [0, 0.1) is 5.92 Å². The van der Waals surface area contributed by atoms with Crippen LogP contribution in [0.4, 0.5) is 5.13 Å². The Morgan fingerprint density at radius 1 is 1.23 bits per heavy atom. The molecule has 0 spiro atoms. The predicted octanol–water partition coefficient (Wildman–Crippen LogP) is 3.53. The Hall–Kier alpha value is -3.74. The number of nitrogens with zero attached hydrogens (tertiary/aromatic N) is 3. The fraction of sp³-hybridized carbons (Fsp3) is 0.370. The van der Waals surface area contributed by atoms with Crippen LogP contribution in [0.2, 0.25) is 0 Å². The highest BCUT2D eigenvalue weighted by Gasteiger charge is 2.61. The fourth-order valence-corrected chi connectivity index (χ4v) is 5.95. The average molecular weight is 586 g/mol. The summed E-state index contributed by atoms with van der Waals surface area (Å²) in [4.78, 5) is 46.2. The van der Waals surface area contributed by atoms with Crippen molar-refractivity contribution in [1.29, 1.82) is 0 Å². The highest BCUT2D eigenvalue weighted by atomic mass is 35.5. The molecule has 1 aromatic carbocycles. The molecule has 2 aliphatic rings. The van der Waals surface area contributed by atoms with Crippen LogP contribution in [-0.4, -0.2) is 70.6 Å². The van der Waals surface area contributed by atoms with Crippen molar-refractivity contribution in [2.75, 3.05) is 26.1 Å². The number of halogens is 1. The Balaban J connectivity index is 1.39. The Morgan fingerprint density at radius 3 is 2.70 bits per heavy atom. The molecule has 2 N–H and O–H groups in total. The van der Waals surface area contributed by atoms with Crippen molar-refractivity contribution in [2.24, 2.45) is 5.92 Å². The topological polar surface area (TPSA) is 132 Å². The summed E-state index contributed by atoms with van der Waals surface area (Å²) in [5.74, 6) is -0.140. The number of benzene rings is 1. The molecule has 4 atom stereocenters. The van der Waals surface area contributed by atoms with Gasteiger partial charge in [0.1, 0.15) is 34.9 Å². The maximum absolute atomic E-state index is 13.2. The zero-order valence-corrected chi connectivity index (χ0v) is 23.7. The summed E-state index contributed by atoms with van der Waals surface area (Å²) in [5, 5.41) is 8.51. The highest BCUT2D eigenvalue weighted by Crippen LogP contribution is 2.45. The molecule has 2 fully saturated rings. The van der Waals surface area contributed by atoms with E-state index in [0.717, 1.165) is 5.39 Å². The second-order valence-corrected chi connectivity index (χ2v) is 11.0. The maximum Gasteiger partial charge on any atom is 0.332 e. The van der Waals surface area contributed by atoms with Crippen molar-refractivity contribution >= 4 is 56.9 Å². The molecule has 1 aliphatic carbocycles. The third kappa shape index (κ3) is 5.34. The summed E-state index contributed by atoms with van der Waals surface area (Å²) in [6, 6.07) is 6.52. The van der Waals surface area contributed by atoms with E-state index >= 15 is 0 Å². The lowest BCUT2D eigenvalue weighted by Crippen LogP contribution is -2.51. The number of carbonyl (C=O) groups excluding carboxylic acids is 3. The summed E-state index contributed by atoms with van der Waals surface area (Å²) < 4.78 is 18.1. The lowest BCUT2D eigenvalue weighted by atomic mass is 10.1. The maximum atomic E-state index is 13.2. The molecule has 1 saturated heterocycles. The Labute approximate surface area is 239 Å². The van der Waals surface area contributed by atoms with E-state index in [2.05, 4.69) is 22.2 Å². The number of thiazole rings is 1. The fourth-order valence-electron chi connectivity index (χ4n) is 4.88. The van der Waals surface area contributed by atoms with Gasteiger partial charge >= 0.3 is 5.97 Å². The minimum absolute atomic E-state index is 0.198. The number of nitrogens with one attached hydrogen (secondary N) is 2. The van der Waals surface area contributed by atoms with Gasteiger partial charge in [0, 0.05) is 42.2 Å². The number of methoxy groups -OCH3 is 2. The molecule has 3 heterocycles. The molecule has 2 amide bonds. The van der Waals surface area contributed by atoms with Crippen LogP contribution in [0.15, 0.2) is 42.3 Å². The monoisotopic (exact) mass is 585 g/mol. The van der Waals surface area contributed by atoms with Crippen molar-refractivity contribution in [1.82, 2.24) is 19.7 Å². The standard InChI is InChI=1S/C27H28ClN5O6S/c1-5-15-11-27(15,25(36)38-4)32-24(35)22-9-17(12-33(22)28)39-23-10-20(21-13-40-26(31-21)29-14(2)34)30-19-8-16(37-3)6-7-18(19)23/h5-8,10,13,15,17,22H,1,9,11-12H2,2-4H3,(H,32,35)(H,29,31,34)/t15-,17+,22-,27+/m0/s1. The van der Waals surface area contributed by atoms with Crippen molar-refractivity contribution in [2.45, 2.75) is 37.5 Å². The van der Waals surface area contributed by atoms with Crippen LogP contribution in [0.3, 0.4) is 0 Å². The van der Waals surface area contributed by atoms with Crippen LogP contribution in [-0.2, 0) is 19.1 Å². The van der Waals surface area contributed by atoms with Gasteiger partial charge in [-0.25, -0.2) is 19.2 Å². The Bertz CT molecular complexity index is 1500. The number of anilines is 1.